The lowest BCUT2D eigenvalue weighted by Crippen LogP contribution is -2.52. The molecule has 4 heteroatoms. The Morgan fingerprint density at radius 3 is 3.00 bits per heavy atom. The lowest BCUT2D eigenvalue weighted by molar-refractivity contribution is -0.132. The fourth-order valence-corrected chi connectivity index (χ4v) is 4.13. The van der Waals surface area contributed by atoms with E-state index in [0.29, 0.717) is 30.3 Å². The molecule has 0 aromatic heterocycles. The van der Waals surface area contributed by atoms with Gasteiger partial charge in [-0.2, -0.15) is 0 Å². The number of fused-ring (bicyclic) bond motifs is 1. The van der Waals surface area contributed by atoms with Crippen LogP contribution in [0.25, 0.3) is 0 Å². The SMILES string of the molecule is CC(=O)Oc1cccc([C@@]23CCN(C)C[C@@H]2CCC(=O)C3)c1. The van der Waals surface area contributed by atoms with Crippen molar-refractivity contribution in [1.82, 2.24) is 4.90 Å². The molecule has 2 aliphatic rings. The molecule has 0 radical (unpaired) electrons. The highest BCUT2D eigenvalue weighted by Crippen LogP contribution is 2.48. The quantitative estimate of drug-likeness (QED) is 0.622. The van der Waals surface area contributed by atoms with Crippen molar-refractivity contribution >= 4 is 11.8 Å². The smallest absolute Gasteiger partial charge is 0.308 e. The third-order valence-electron chi connectivity index (χ3n) is 5.21. The van der Waals surface area contributed by atoms with Crippen molar-refractivity contribution in [3.8, 4) is 5.75 Å². The van der Waals surface area contributed by atoms with Gasteiger partial charge in [0.1, 0.15) is 11.5 Å². The molecule has 1 aliphatic heterocycles. The third-order valence-corrected chi connectivity index (χ3v) is 5.21. The van der Waals surface area contributed by atoms with Crippen LogP contribution >= 0.6 is 0 Å². The minimum Gasteiger partial charge on any atom is -0.427 e. The molecule has 0 N–H and O–H groups in total. The number of benzene rings is 1. The first-order valence-electron chi connectivity index (χ1n) is 7.99. The number of ether oxygens (including phenoxy) is 1. The maximum Gasteiger partial charge on any atom is 0.308 e. The second kappa shape index (κ2) is 5.84. The Kier molecular flexibility index (Phi) is 4.04. The van der Waals surface area contributed by atoms with E-state index in [1.54, 1.807) is 6.07 Å². The zero-order chi connectivity index (χ0) is 15.7. The molecule has 1 saturated carbocycles. The summed E-state index contributed by atoms with van der Waals surface area (Å²) in [7, 11) is 2.15. The summed E-state index contributed by atoms with van der Waals surface area (Å²) in [6.45, 7) is 3.44. The maximum atomic E-state index is 12.1. The molecule has 1 aromatic rings. The summed E-state index contributed by atoms with van der Waals surface area (Å²) >= 11 is 0. The number of Topliss-reactive ketones (excluding diaryl/α,β-unsaturated/α-hetero) is 1. The Labute approximate surface area is 131 Å². The standard InChI is InChI=1S/C18H23NO3/c1-13(20)22-17-5-3-4-14(10-17)18-8-9-19(2)12-15(18)6-7-16(21)11-18/h3-5,10,15H,6-9,11-12H2,1-2H3/t15-,18-/m0/s1. The highest BCUT2D eigenvalue weighted by molar-refractivity contribution is 5.81. The molecule has 1 saturated heterocycles. The topological polar surface area (TPSA) is 46.6 Å². The van der Waals surface area contributed by atoms with Crippen LogP contribution in [0, 0.1) is 5.92 Å². The Balaban J connectivity index is 1.98. The molecule has 22 heavy (non-hydrogen) atoms. The summed E-state index contributed by atoms with van der Waals surface area (Å²) in [4.78, 5) is 25.7. The van der Waals surface area contributed by atoms with Gasteiger partial charge in [-0.3, -0.25) is 9.59 Å². The number of hydrogen-bond donors (Lipinski definition) is 0. The van der Waals surface area contributed by atoms with Crippen LogP contribution in [0.1, 0.15) is 38.2 Å². The van der Waals surface area contributed by atoms with E-state index >= 15 is 0 Å². The summed E-state index contributed by atoms with van der Waals surface area (Å²) in [6.07, 6.45) is 3.27. The highest BCUT2D eigenvalue weighted by Gasteiger charge is 2.47. The number of esters is 1. The number of piperidine rings is 1. The van der Waals surface area contributed by atoms with Crippen LogP contribution in [0.2, 0.25) is 0 Å². The molecule has 118 valence electrons. The molecular formula is C18H23NO3. The molecule has 0 spiro atoms. The molecule has 0 unspecified atom stereocenters. The lowest BCUT2D eigenvalue weighted by Gasteiger charge is -2.50. The van der Waals surface area contributed by atoms with Crippen molar-refractivity contribution in [2.75, 3.05) is 20.1 Å². The maximum absolute atomic E-state index is 12.1. The summed E-state index contributed by atoms with van der Waals surface area (Å²) in [5.41, 5.74) is 1.07. The fraction of sp³-hybridized carbons (Fsp3) is 0.556. The van der Waals surface area contributed by atoms with Gasteiger partial charge in [0.25, 0.3) is 0 Å². The van der Waals surface area contributed by atoms with Gasteiger partial charge in [0.15, 0.2) is 0 Å². The minimum absolute atomic E-state index is 0.0853. The zero-order valence-electron chi connectivity index (χ0n) is 13.3. The average molecular weight is 301 g/mol. The molecule has 1 aromatic carbocycles. The Morgan fingerprint density at radius 1 is 1.41 bits per heavy atom. The van der Waals surface area contributed by atoms with Gasteiger partial charge in [0.05, 0.1) is 0 Å². The van der Waals surface area contributed by atoms with Crippen LogP contribution in [0.4, 0.5) is 0 Å². The molecular weight excluding hydrogens is 278 g/mol. The van der Waals surface area contributed by atoms with E-state index in [9.17, 15) is 9.59 Å². The number of carbonyl (C=O) groups excluding carboxylic acids is 2. The van der Waals surface area contributed by atoms with Crippen LogP contribution < -0.4 is 4.74 Å². The van der Waals surface area contributed by atoms with E-state index in [-0.39, 0.29) is 11.4 Å². The van der Waals surface area contributed by atoms with Gasteiger partial charge in [-0.25, -0.2) is 0 Å². The summed E-state index contributed by atoms with van der Waals surface area (Å²) < 4.78 is 5.24. The largest absolute Gasteiger partial charge is 0.427 e. The summed E-state index contributed by atoms with van der Waals surface area (Å²) in [6, 6.07) is 7.77. The number of likely N-dealkylation sites (tertiary alicyclic amines) is 1. The highest BCUT2D eigenvalue weighted by atomic mass is 16.5. The van der Waals surface area contributed by atoms with Gasteiger partial charge in [-0.1, -0.05) is 12.1 Å². The molecule has 3 rings (SSSR count). The number of ketones is 1. The van der Waals surface area contributed by atoms with Crippen molar-refractivity contribution in [1.29, 1.82) is 0 Å². The van der Waals surface area contributed by atoms with Gasteiger partial charge in [0, 0.05) is 31.7 Å². The zero-order valence-corrected chi connectivity index (χ0v) is 13.3. The third kappa shape index (κ3) is 2.80. The average Bonchev–Trinajstić information content (AvgIpc) is 2.47. The predicted octanol–water partition coefficient (Wildman–Crippen LogP) is 2.55. The molecule has 2 atom stereocenters. The Bertz CT molecular complexity index is 598. The van der Waals surface area contributed by atoms with Crippen LogP contribution in [0.3, 0.4) is 0 Å². The first-order valence-corrected chi connectivity index (χ1v) is 7.99. The van der Waals surface area contributed by atoms with Gasteiger partial charge in [0.2, 0.25) is 0 Å². The molecule has 2 fully saturated rings. The first-order chi connectivity index (χ1) is 10.5. The monoisotopic (exact) mass is 301 g/mol. The Hall–Kier alpha value is -1.68. The van der Waals surface area contributed by atoms with E-state index in [0.717, 1.165) is 31.5 Å². The number of rotatable bonds is 2. The summed E-state index contributed by atoms with van der Waals surface area (Å²) in [5, 5.41) is 0. The van der Waals surface area contributed by atoms with E-state index < -0.39 is 0 Å². The van der Waals surface area contributed by atoms with Crippen molar-refractivity contribution in [3.63, 3.8) is 0 Å². The number of nitrogens with zero attached hydrogens (tertiary/aromatic N) is 1. The van der Waals surface area contributed by atoms with Gasteiger partial charge >= 0.3 is 5.97 Å². The Morgan fingerprint density at radius 2 is 2.23 bits per heavy atom. The second-order valence-electron chi connectivity index (χ2n) is 6.74. The molecule has 1 aliphatic carbocycles. The molecule has 1 heterocycles. The lowest BCUT2D eigenvalue weighted by atomic mass is 9.59. The van der Waals surface area contributed by atoms with Gasteiger partial charge in [-0.15, -0.1) is 0 Å². The normalized spacial score (nSPS) is 29.0. The summed E-state index contributed by atoms with van der Waals surface area (Å²) in [5.74, 6) is 1.12. The number of hydrogen-bond acceptors (Lipinski definition) is 4. The minimum atomic E-state index is -0.311. The van der Waals surface area contributed by atoms with Crippen molar-refractivity contribution in [3.05, 3.63) is 29.8 Å². The van der Waals surface area contributed by atoms with E-state index in [1.165, 1.54) is 6.92 Å². The van der Waals surface area contributed by atoms with Gasteiger partial charge in [-0.05, 0) is 50.0 Å². The number of carbonyl (C=O) groups is 2. The van der Waals surface area contributed by atoms with Crippen molar-refractivity contribution < 1.29 is 14.3 Å². The van der Waals surface area contributed by atoms with Crippen molar-refractivity contribution in [2.24, 2.45) is 5.92 Å². The van der Waals surface area contributed by atoms with Crippen LogP contribution in [0.5, 0.6) is 5.75 Å². The van der Waals surface area contributed by atoms with Crippen LogP contribution in [-0.2, 0) is 15.0 Å². The second-order valence-corrected chi connectivity index (χ2v) is 6.74. The van der Waals surface area contributed by atoms with E-state index in [2.05, 4.69) is 18.0 Å². The first kappa shape index (κ1) is 15.2. The van der Waals surface area contributed by atoms with Crippen LogP contribution in [0.15, 0.2) is 24.3 Å². The van der Waals surface area contributed by atoms with E-state index in [4.69, 9.17) is 4.74 Å². The molecule has 0 bridgehead atoms. The van der Waals surface area contributed by atoms with E-state index in [1.807, 2.05) is 12.1 Å². The fourth-order valence-electron chi connectivity index (χ4n) is 4.13. The van der Waals surface area contributed by atoms with Crippen molar-refractivity contribution in [2.45, 2.75) is 38.0 Å². The molecule has 4 nitrogen and oxygen atoms in total. The van der Waals surface area contributed by atoms with Crippen LogP contribution in [-0.4, -0.2) is 36.8 Å². The van der Waals surface area contributed by atoms with Gasteiger partial charge < -0.3 is 9.64 Å². The predicted molar refractivity (Wildman–Crippen MR) is 83.9 cm³/mol. The molecule has 0 amide bonds.